The van der Waals surface area contributed by atoms with Crippen LogP contribution >= 0.6 is 0 Å². The molecular weight excluding hydrogens is 234 g/mol. The smallest absolute Gasteiger partial charge is 0.133 e. The van der Waals surface area contributed by atoms with E-state index in [-0.39, 0.29) is 0 Å². The van der Waals surface area contributed by atoms with Crippen molar-refractivity contribution in [3.8, 4) is 0 Å². The van der Waals surface area contributed by atoms with Crippen LogP contribution in [0.4, 0.5) is 5.82 Å². The molecule has 1 heterocycles. The van der Waals surface area contributed by atoms with Crippen molar-refractivity contribution in [1.29, 1.82) is 0 Å². The van der Waals surface area contributed by atoms with E-state index in [2.05, 4.69) is 42.1 Å². The number of rotatable bonds is 4. The van der Waals surface area contributed by atoms with E-state index in [1.54, 1.807) is 0 Å². The van der Waals surface area contributed by atoms with E-state index < -0.39 is 0 Å². The maximum atomic E-state index is 4.64. The first-order valence-corrected chi connectivity index (χ1v) is 7.70. The summed E-state index contributed by atoms with van der Waals surface area (Å²) < 4.78 is 0. The van der Waals surface area contributed by atoms with Crippen LogP contribution in [-0.4, -0.2) is 16.0 Å². The largest absolute Gasteiger partial charge is 0.367 e. The summed E-state index contributed by atoms with van der Waals surface area (Å²) in [6, 6.07) is 2.66. The van der Waals surface area contributed by atoms with Gasteiger partial charge >= 0.3 is 0 Å². The highest BCUT2D eigenvalue weighted by Gasteiger charge is 2.20. The molecule has 0 saturated heterocycles. The van der Waals surface area contributed by atoms with Gasteiger partial charge in [-0.05, 0) is 38.5 Å². The SMILES string of the molecule is CCC1CCC(Nc2cc(C)nc(C(C)C)n2)CC1. The summed E-state index contributed by atoms with van der Waals surface area (Å²) in [5.74, 6) is 3.29. The van der Waals surface area contributed by atoms with E-state index in [1.807, 2.05) is 6.92 Å². The van der Waals surface area contributed by atoms with Crippen molar-refractivity contribution in [1.82, 2.24) is 9.97 Å². The standard InChI is InChI=1S/C16H27N3/c1-5-13-6-8-14(9-7-13)18-15-10-12(4)17-16(19-15)11(2)3/h10-11,13-14H,5-9H2,1-4H3,(H,17,18,19). The van der Waals surface area contributed by atoms with Gasteiger partial charge < -0.3 is 5.32 Å². The molecule has 1 aromatic heterocycles. The van der Waals surface area contributed by atoms with Gasteiger partial charge in [-0.15, -0.1) is 0 Å². The fourth-order valence-corrected chi connectivity index (χ4v) is 2.85. The fraction of sp³-hybridized carbons (Fsp3) is 0.750. The van der Waals surface area contributed by atoms with E-state index in [1.165, 1.54) is 32.1 Å². The molecular formula is C16H27N3. The van der Waals surface area contributed by atoms with Crippen LogP contribution < -0.4 is 5.32 Å². The van der Waals surface area contributed by atoms with Crippen LogP contribution in [-0.2, 0) is 0 Å². The number of nitrogens with one attached hydrogen (secondary N) is 1. The first-order chi connectivity index (χ1) is 9.08. The molecule has 1 aliphatic rings. The number of hydrogen-bond acceptors (Lipinski definition) is 3. The third kappa shape index (κ3) is 3.92. The Bertz CT molecular complexity index is 406. The van der Waals surface area contributed by atoms with Crippen molar-refractivity contribution in [2.24, 2.45) is 5.92 Å². The number of nitrogens with zero attached hydrogens (tertiary/aromatic N) is 2. The van der Waals surface area contributed by atoms with Crippen LogP contribution in [0.15, 0.2) is 6.07 Å². The number of anilines is 1. The van der Waals surface area contributed by atoms with Crippen LogP contribution in [0, 0.1) is 12.8 Å². The lowest BCUT2D eigenvalue weighted by atomic mass is 9.84. The lowest BCUT2D eigenvalue weighted by molar-refractivity contribution is 0.330. The van der Waals surface area contributed by atoms with Crippen LogP contribution in [0.5, 0.6) is 0 Å². The van der Waals surface area contributed by atoms with E-state index >= 15 is 0 Å². The lowest BCUT2D eigenvalue weighted by Gasteiger charge is -2.29. The second kappa shape index (κ2) is 6.36. The minimum atomic E-state index is 0.385. The van der Waals surface area contributed by atoms with E-state index in [9.17, 15) is 0 Å². The molecule has 0 atom stereocenters. The Kier molecular flexibility index (Phi) is 4.78. The first kappa shape index (κ1) is 14.3. The molecule has 1 fully saturated rings. The molecule has 0 spiro atoms. The van der Waals surface area contributed by atoms with Gasteiger partial charge in [-0.25, -0.2) is 9.97 Å². The quantitative estimate of drug-likeness (QED) is 0.878. The Morgan fingerprint density at radius 2 is 1.89 bits per heavy atom. The normalized spacial score (nSPS) is 23.6. The number of aryl methyl sites for hydroxylation is 1. The van der Waals surface area contributed by atoms with Crippen molar-refractivity contribution in [2.45, 2.75) is 71.8 Å². The van der Waals surface area contributed by atoms with Gasteiger partial charge in [-0.1, -0.05) is 27.2 Å². The average Bonchev–Trinajstić information content (AvgIpc) is 2.39. The van der Waals surface area contributed by atoms with Gasteiger partial charge in [0.15, 0.2) is 0 Å². The van der Waals surface area contributed by atoms with Gasteiger partial charge in [0.2, 0.25) is 0 Å². The minimum absolute atomic E-state index is 0.385. The van der Waals surface area contributed by atoms with Gasteiger partial charge in [0.05, 0.1) is 0 Å². The van der Waals surface area contributed by atoms with Crippen LogP contribution in [0.25, 0.3) is 0 Å². The fourth-order valence-electron chi connectivity index (χ4n) is 2.85. The Labute approximate surface area is 117 Å². The molecule has 1 aliphatic carbocycles. The third-order valence-corrected chi connectivity index (χ3v) is 4.16. The van der Waals surface area contributed by atoms with E-state index in [0.29, 0.717) is 12.0 Å². The molecule has 1 aromatic rings. The predicted molar refractivity (Wildman–Crippen MR) is 80.5 cm³/mol. The Hall–Kier alpha value is -1.12. The molecule has 1 saturated carbocycles. The predicted octanol–water partition coefficient (Wildman–Crippen LogP) is 4.29. The first-order valence-electron chi connectivity index (χ1n) is 7.70. The highest BCUT2D eigenvalue weighted by atomic mass is 15.1. The van der Waals surface area contributed by atoms with Gasteiger partial charge in [0.25, 0.3) is 0 Å². The Morgan fingerprint density at radius 3 is 2.47 bits per heavy atom. The zero-order valence-corrected chi connectivity index (χ0v) is 12.7. The monoisotopic (exact) mass is 261 g/mol. The summed E-state index contributed by atoms with van der Waals surface area (Å²) in [4.78, 5) is 9.14. The minimum Gasteiger partial charge on any atom is -0.367 e. The van der Waals surface area contributed by atoms with Gasteiger partial charge in [0.1, 0.15) is 11.6 Å². The van der Waals surface area contributed by atoms with Crippen molar-refractivity contribution in [2.75, 3.05) is 5.32 Å². The lowest BCUT2D eigenvalue weighted by Crippen LogP contribution is -2.26. The summed E-state index contributed by atoms with van der Waals surface area (Å²) >= 11 is 0. The number of hydrogen-bond donors (Lipinski definition) is 1. The molecule has 106 valence electrons. The molecule has 3 heteroatoms. The third-order valence-electron chi connectivity index (χ3n) is 4.16. The molecule has 0 aliphatic heterocycles. The maximum absolute atomic E-state index is 4.64. The molecule has 0 unspecified atom stereocenters. The second-order valence-corrected chi connectivity index (χ2v) is 6.18. The zero-order chi connectivity index (χ0) is 13.8. The van der Waals surface area contributed by atoms with Crippen LogP contribution in [0.1, 0.15) is 70.3 Å². The maximum Gasteiger partial charge on any atom is 0.133 e. The Balaban J connectivity index is 1.99. The van der Waals surface area contributed by atoms with Crippen LogP contribution in [0.2, 0.25) is 0 Å². The Morgan fingerprint density at radius 1 is 1.21 bits per heavy atom. The summed E-state index contributed by atoms with van der Waals surface area (Å²) in [5, 5.41) is 3.61. The highest BCUT2D eigenvalue weighted by molar-refractivity contribution is 5.37. The molecule has 0 radical (unpaired) electrons. The van der Waals surface area contributed by atoms with E-state index in [0.717, 1.165) is 23.3 Å². The summed E-state index contributed by atoms with van der Waals surface area (Å²) in [6.07, 6.45) is 6.60. The second-order valence-electron chi connectivity index (χ2n) is 6.18. The molecule has 1 N–H and O–H groups in total. The number of aromatic nitrogens is 2. The average molecular weight is 261 g/mol. The molecule has 0 amide bonds. The van der Waals surface area contributed by atoms with Crippen molar-refractivity contribution >= 4 is 5.82 Å². The summed E-state index contributed by atoms with van der Waals surface area (Å²) in [6.45, 7) is 8.64. The highest BCUT2D eigenvalue weighted by Crippen LogP contribution is 2.28. The topological polar surface area (TPSA) is 37.8 Å². The molecule has 0 bridgehead atoms. The molecule has 0 aromatic carbocycles. The van der Waals surface area contributed by atoms with Gasteiger partial charge in [-0.3, -0.25) is 0 Å². The van der Waals surface area contributed by atoms with Gasteiger partial charge in [-0.2, -0.15) is 0 Å². The van der Waals surface area contributed by atoms with Crippen molar-refractivity contribution in [3.63, 3.8) is 0 Å². The summed E-state index contributed by atoms with van der Waals surface area (Å²) in [7, 11) is 0. The van der Waals surface area contributed by atoms with Crippen molar-refractivity contribution < 1.29 is 0 Å². The van der Waals surface area contributed by atoms with Gasteiger partial charge in [0, 0.05) is 23.7 Å². The molecule has 2 rings (SSSR count). The summed E-state index contributed by atoms with van der Waals surface area (Å²) in [5.41, 5.74) is 1.06. The van der Waals surface area contributed by atoms with E-state index in [4.69, 9.17) is 0 Å². The zero-order valence-electron chi connectivity index (χ0n) is 12.7. The molecule has 19 heavy (non-hydrogen) atoms. The molecule has 3 nitrogen and oxygen atoms in total. The van der Waals surface area contributed by atoms with Crippen LogP contribution in [0.3, 0.4) is 0 Å². The van der Waals surface area contributed by atoms with Crippen molar-refractivity contribution in [3.05, 3.63) is 17.6 Å².